The van der Waals surface area contributed by atoms with Crippen LogP contribution in [-0.4, -0.2) is 70.9 Å². The number of aliphatic hydroxyl groups excluding tert-OH is 4. The van der Waals surface area contributed by atoms with Crippen molar-refractivity contribution in [2.24, 2.45) is 5.73 Å². The van der Waals surface area contributed by atoms with Gasteiger partial charge in [-0.15, -0.1) is 0 Å². The molecule has 0 amide bonds. The second kappa shape index (κ2) is 6.45. The highest BCUT2D eigenvalue weighted by Gasteiger charge is 2.43. The van der Waals surface area contributed by atoms with E-state index in [9.17, 15) is 15.3 Å². The first-order chi connectivity index (χ1) is 7.61. The van der Waals surface area contributed by atoms with Crippen LogP contribution >= 0.6 is 0 Å². The quantitative estimate of drug-likeness (QED) is 0.326. The Bertz CT molecular complexity index is 202. The van der Waals surface area contributed by atoms with Gasteiger partial charge >= 0.3 is 0 Å². The summed E-state index contributed by atoms with van der Waals surface area (Å²) in [5.74, 6) is 0. The standard InChI is InChI=1S/C9H19NO6/c10-2-1-3-15-9-8(14)7(13)6(12)5(4-11)16-9/h5-9,11-14H,1-4,10H2/t5-,6-,7+,8+,9?/m1/s1. The van der Waals surface area contributed by atoms with Crippen LogP contribution in [0, 0.1) is 0 Å². The van der Waals surface area contributed by atoms with Crippen LogP contribution in [0.15, 0.2) is 0 Å². The molecule has 0 spiro atoms. The summed E-state index contributed by atoms with van der Waals surface area (Å²) in [6, 6.07) is 0. The Morgan fingerprint density at radius 2 is 1.81 bits per heavy atom. The molecule has 7 heteroatoms. The number of nitrogens with two attached hydrogens (primary N) is 1. The zero-order valence-electron chi connectivity index (χ0n) is 8.90. The molecule has 6 N–H and O–H groups in total. The third-order valence-electron chi connectivity index (χ3n) is 2.48. The summed E-state index contributed by atoms with van der Waals surface area (Å²) in [5, 5.41) is 37.4. The Hall–Kier alpha value is -0.280. The lowest BCUT2D eigenvalue weighted by atomic mass is 9.99. The van der Waals surface area contributed by atoms with Crippen molar-refractivity contribution in [3.05, 3.63) is 0 Å². The average Bonchev–Trinajstić information content (AvgIpc) is 2.29. The van der Waals surface area contributed by atoms with E-state index in [1.807, 2.05) is 0 Å². The normalized spacial score (nSPS) is 39.9. The highest BCUT2D eigenvalue weighted by atomic mass is 16.7. The van der Waals surface area contributed by atoms with Crippen molar-refractivity contribution in [1.29, 1.82) is 0 Å². The molecule has 1 heterocycles. The summed E-state index contributed by atoms with van der Waals surface area (Å²) in [7, 11) is 0. The first kappa shape index (κ1) is 13.8. The van der Waals surface area contributed by atoms with Crippen LogP contribution < -0.4 is 5.73 Å². The van der Waals surface area contributed by atoms with E-state index in [-0.39, 0.29) is 6.61 Å². The number of aliphatic hydroxyl groups is 4. The van der Waals surface area contributed by atoms with Gasteiger partial charge in [-0.2, -0.15) is 0 Å². The molecule has 16 heavy (non-hydrogen) atoms. The molecule has 0 saturated carbocycles. The Balaban J connectivity index is 2.50. The Labute approximate surface area is 93.4 Å². The van der Waals surface area contributed by atoms with Gasteiger partial charge in [0.1, 0.15) is 24.4 Å². The minimum Gasteiger partial charge on any atom is -0.394 e. The molecule has 5 atom stereocenters. The van der Waals surface area contributed by atoms with Crippen molar-refractivity contribution in [3.8, 4) is 0 Å². The molecule has 0 aromatic carbocycles. The van der Waals surface area contributed by atoms with Gasteiger partial charge in [0, 0.05) is 0 Å². The summed E-state index contributed by atoms with van der Waals surface area (Å²) in [6.45, 7) is 0.262. The van der Waals surface area contributed by atoms with Crippen LogP contribution in [0.2, 0.25) is 0 Å². The molecule has 0 aromatic rings. The van der Waals surface area contributed by atoms with Gasteiger partial charge < -0.3 is 35.6 Å². The van der Waals surface area contributed by atoms with Crippen LogP contribution in [-0.2, 0) is 9.47 Å². The number of ether oxygens (including phenoxy) is 2. The molecule has 1 fully saturated rings. The molecule has 1 aliphatic heterocycles. The second-order valence-corrected chi connectivity index (χ2v) is 3.71. The summed E-state index contributed by atoms with van der Waals surface area (Å²) >= 11 is 0. The number of hydrogen-bond acceptors (Lipinski definition) is 7. The van der Waals surface area contributed by atoms with E-state index >= 15 is 0 Å². The van der Waals surface area contributed by atoms with Crippen LogP contribution in [0.25, 0.3) is 0 Å². The van der Waals surface area contributed by atoms with Gasteiger partial charge in [-0.25, -0.2) is 0 Å². The Morgan fingerprint density at radius 3 is 2.38 bits per heavy atom. The van der Waals surface area contributed by atoms with Crippen LogP contribution in [0.4, 0.5) is 0 Å². The number of hydrogen-bond donors (Lipinski definition) is 5. The van der Waals surface area contributed by atoms with E-state index in [2.05, 4.69) is 0 Å². The molecule has 0 aromatic heterocycles. The molecule has 0 radical (unpaired) electrons. The minimum absolute atomic E-state index is 0.277. The summed E-state index contributed by atoms with van der Waals surface area (Å²) in [5.41, 5.74) is 5.27. The lowest BCUT2D eigenvalue weighted by molar-refractivity contribution is -0.301. The van der Waals surface area contributed by atoms with Crippen LogP contribution in [0.3, 0.4) is 0 Å². The van der Waals surface area contributed by atoms with Crippen molar-refractivity contribution >= 4 is 0 Å². The molecule has 1 saturated heterocycles. The Kier molecular flexibility index (Phi) is 5.56. The van der Waals surface area contributed by atoms with Crippen molar-refractivity contribution in [2.45, 2.75) is 37.1 Å². The molecule has 0 aliphatic carbocycles. The van der Waals surface area contributed by atoms with Crippen LogP contribution in [0.1, 0.15) is 6.42 Å². The fourth-order valence-electron chi connectivity index (χ4n) is 1.49. The summed E-state index contributed by atoms with van der Waals surface area (Å²) in [4.78, 5) is 0. The zero-order chi connectivity index (χ0) is 12.1. The largest absolute Gasteiger partial charge is 0.394 e. The predicted molar refractivity (Wildman–Crippen MR) is 53.4 cm³/mol. The van der Waals surface area contributed by atoms with Crippen molar-refractivity contribution < 1.29 is 29.9 Å². The third-order valence-corrected chi connectivity index (χ3v) is 2.48. The smallest absolute Gasteiger partial charge is 0.186 e. The monoisotopic (exact) mass is 237 g/mol. The van der Waals surface area contributed by atoms with Gasteiger partial charge in [-0.3, -0.25) is 0 Å². The SMILES string of the molecule is NCCCOC1O[C@H](CO)[C@@H](O)[C@H](O)[C@@H]1O. The lowest BCUT2D eigenvalue weighted by Crippen LogP contribution is -2.59. The topological polar surface area (TPSA) is 125 Å². The molecule has 1 unspecified atom stereocenters. The van der Waals surface area contributed by atoms with E-state index in [0.29, 0.717) is 13.0 Å². The maximum absolute atomic E-state index is 9.55. The van der Waals surface area contributed by atoms with Crippen molar-refractivity contribution in [3.63, 3.8) is 0 Å². The molecular weight excluding hydrogens is 218 g/mol. The van der Waals surface area contributed by atoms with Crippen LogP contribution in [0.5, 0.6) is 0 Å². The maximum atomic E-state index is 9.55. The van der Waals surface area contributed by atoms with E-state index < -0.39 is 37.3 Å². The van der Waals surface area contributed by atoms with E-state index in [1.54, 1.807) is 0 Å². The van der Waals surface area contributed by atoms with E-state index in [4.69, 9.17) is 20.3 Å². The Morgan fingerprint density at radius 1 is 1.12 bits per heavy atom. The van der Waals surface area contributed by atoms with Gasteiger partial charge in [-0.1, -0.05) is 0 Å². The molecule has 0 bridgehead atoms. The second-order valence-electron chi connectivity index (χ2n) is 3.71. The highest BCUT2D eigenvalue weighted by Crippen LogP contribution is 2.21. The molecule has 96 valence electrons. The van der Waals surface area contributed by atoms with E-state index in [1.165, 1.54) is 0 Å². The average molecular weight is 237 g/mol. The van der Waals surface area contributed by atoms with Crippen molar-refractivity contribution in [1.82, 2.24) is 0 Å². The lowest BCUT2D eigenvalue weighted by Gasteiger charge is -2.39. The van der Waals surface area contributed by atoms with Gasteiger partial charge in [-0.05, 0) is 13.0 Å². The third kappa shape index (κ3) is 3.11. The first-order valence-corrected chi connectivity index (χ1v) is 5.24. The fraction of sp³-hybridized carbons (Fsp3) is 1.00. The minimum atomic E-state index is -1.39. The van der Waals surface area contributed by atoms with Gasteiger partial charge in [0.05, 0.1) is 13.2 Å². The summed E-state index contributed by atoms with van der Waals surface area (Å²) < 4.78 is 10.3. The van der Waals surface area contributed by atoms with Gasteiger partial charge in [0.15, 0.2) is 6.29 Å². The molecule has 7 nitrogen and oxygen atoms in total. The first-order valence-electron chi connectivity index (χ1n) is 5.24. The molecule has 1 rings (SSSR count). The summed E-state index contributed by atoms with van der Waals surface area (Å²) in [6.07, 6.45) is -5.48. The fourth-order valence-corrected chi connectivity index (χ4v) is 1.49. The molecular formula is C9H19NO6. The predicted octanol–water partition coefficient (Wildman–Crippen LogP) is -2.85. The zero-order valence-corrected chi connectivity index (χ0v) is 8.90. The van der Waals surface area contributed by atoms with E-state index in [0.717, 1.165) is 0 Å². The molecule has 1 aliphatic rings. The van der Waals surface area contributed by atoms with Crippen molar-refractivity contribution in [2.75, 3.05) is 19.8 Å². The maximum Gasteiger partial charge on any atom is 0.186 e. The van der Waals surface area contributed by atoms with Gasteiger partial charge in [0.25, 0.3) is 0 Å². The highest BCUT2D eigenvalue weighted by molar-refractivity contribution is 4.88. The van der Waals surface area contributed by atoms with Gasteiger partial charge in [0.2, 0.25) is 0 Å². The number of rotatable bonds is 5.